The Balaban J connectivity index is 1.98. The predicted molar refractivity (Wildman–Crippen MR) is 80.9 cm³/mol. The van der Waals surface area contributed by atoms with Crippen LogP contribution in [0.2, 0.25) is 0 Å². The molecule has 1 atom stereocenters. The molecule has 0 aliphatic carbocycles. The molecule has 1 aromatic rings. The zero-order valence-corrected chi connectivity index (χ0v) is 13.6. The van der Waals surface area contributed by atoms with Gasteiger partial charge >= 0.3 is 0 Å². The van der Waals surface area contributed by atoms with Crippen LogP contribution in [0.25, 0.3) is 0 Å². The normalized spacial score (nSPS) is 19.8. The Labute approximate surface area is 128 Å². The number of sulfonamides is 1. The van der Waals surface area contributed by atoms with E-state index in [1.165, 1.54) is 15.8 Å². The highest BCUT2D eigenvalue weighted by molar-refractivity contribution is 7.91. The lowest BCUT2D eigenvalue weighted by molar-refractivity contribution is 0.00950. The number of hydrogen-bond donors (Lipinski definition) is 1. The van der Waals surface area contributed by atoms with Gasteiger partial charge in [0, 0.05) is 25.6 Å². The van der Waals surface area contributed by atoms with E-state index in [-0.39, 0.29) is 15.9 Å². The molecule has 1 amide bonds. The van der Waals surface area contributed by atoms with E-state index in [1.54, 1.807) is 7.05 Å². The molecule has 2 rings (SSSR count). The Morgan fingerprint density at radius 3 is 2.86 bits per heavy atom. The SMILES string of the molecule is CN(CCC1CCCCO1)S(=O)(=O)c1cc(C(N)=O)cs1. The fraction of sp³-hybridized carbons (Fsp3) is 0.615. The molecular weight excluding hydrogens is 312 g/mol. The minimum absolute atomic E-state index is 0.140. The number of nitrogens with zero attached hydrogens (tertiary/aromatic N) is 1. The lowest BCUT2D eigenvalue weighted by atomic mass is 10.1. The van der Waals surface area contributed by atoms with Gasteiger partial charge < -0.3 is 10.5 Å². The van der Waals surface area contributed by atoms with Gasteiger partial charge in [0.1, 0.15) is 4.21 Å². The van der Waals surface area contributed by atoms with Crippen LogP contribution in [0.1, 0.15) is 36.0 Å². The van der Waals surface area contributed by atoms with Gasteiger partial charge in [0.2, 0.25) is 5.91 Å². The van der Waals surface area contributed by atoms with Gasteiger partial charge in [0.05, 0.1) is 11.7 Å². The van der Waals surface area contributed by atoms with Gasteiger partial charge in [-0.05, 0) is 31.7 Å². The number of primary amides is 1. The third-order valence-electron chi connectivity index (χ3n) is 3.56. The van der Waals surface area contributed by atoms with Crippen molar-refractivity contribution in [1.82, 2.24) is 4.31 Å². The van der Waals surface area contributed by atoms with E-state index in [1.807, 2.05) is 0 Å². The van der Waals surface area contributed by atoms with Crippen molar-refractivity contribution in [2.24, 2.45) is 5.73 Å². The lowest BCUT2D eigenvalue weighted by Gasteiger charge is -2.24. The summed E-state index contributed by atoms with van der Waals surface area (Å²) in [5.74, 6) is -0.619. The zero-order valence-electron chi connectivity index (χ0n) is 11.9. The van der Waals surface area contributed by atoms with E-state index in [0.717, 1.165) is 37.2 Å². The van der Waals surface area contributed by atoms with Gasteiger partial charge in [-0.15, -0.1) is 11.3 Å². The number of amides is 1. The van der Waals surface area contributed by atoms with E-state index in [4.69, 9.17) is 10.5 Å². The van der Waals surface area contributed by atoms with Crippen LogP contribution in [0.4, 0.5) is 0 Å². The van der Waals surface area contributed by atoms with Crippen molar-refractivity contribution in [2.45, 2.75) is 36.0 Å². The molecule has 6 nitrogen and oxygen atoms in total. The molecule has 1 unspecified atom stereocenters. The lowest BCUT2D eigenvalue weighted by Crippen LogP contribution is -2.31. The van der Waals surface area contributed by atoms with Crippen molar-refractivity contribution >= 4 is 27.3 Å². The Kier molecular flexibility index (Phi) is 5.37. The molecule has 21 heavy (non-hydrogen) atoms. The van der Waals surface area contributed by atoms with E-state index < -0.39 is 15.9 Å². The Hall–Kier alpha value is -0.960. The molecule has 0 saturated carbocycles. The van der Waals surface area contributed by atoms with Gasteiger partial charge in [-0.25, -0.2) is 12.7 Å². The maximum Gasteiger partial charge on any atom is 0.252 e. The van der Waals surface area contributed by atoms with Gasteiger partial charge in [-0.2, -0.15) is 0 Å². The molecule has 0 bridgehead atoms. The summed E-state index contributed by atoms with van der Waals surface area (Å²) in [6.45, 7) is 1.16. The van der Waals surface area contributed by atoms with Crippen molar-refractivity contribution in [2.75, 3.05) is 20.2 Å². The number of carbonyl (C=O) groups is 1. The first-order valence-corrected chi connectivity index (χ1v) is 9.19. The van der Waals surface area contributed by atoms with Crippen LogP contribution in [0, 0.1) is 0 Å². The van der Waals surface area contributed by atoms with Crippen LogP contribution in [0.3, 0.4) is 0 Å². The molecule has 0 radical (unpaired) electrons. The quantitative estimate of drug-likeness (QED) is 0.853. The first-order valence-electron chi connectivity index (χ1n) is 6.87. The highest BCUT2D eigenvalue weighted by Crippen LogP contribution is 2.24. The first-order chi connectivity index (χ1) is 9.91. The van der Waals surface area contributed by atoms with Crippen LogP contribution in [-0.2, 0) is 14.8 Å². The Morgan fingerprint density at radius 1 is 1.52 bits per heavy atom. The van der Waals surface area contributed by atoms with Gasteiger partial charge in [-0.3, -0.25) is 4.79 Å². The van der Waals surface area contributed by atoms with E-state index >= 15 is 0 Å². The number of rotatable bonds is 6. The molecule has 2 N–H and O–H groups in total. The molecule has 0 aromatic carbocycles. The number of thiophene rings is 1. The maximum atomic E-state index is 12.4. The first kappa shape index (κ1) is 16.4. The van der Waals surface area contributed by atoms with Crippen LogP contribution < -0.4 is 5.73 Å². The highest BCUT2D eigenvalue weighted by Gasteiger charge is 2.25. The van der Waals surface area contributed by atoms with Gasteiger partial charge in [0.15, 0.2) is 0 Å². The summed E-state index contributed by atoms with van der Waals surface area (Å²) in [6.07, 6.45) is 4.02. The summed E-state index contributed by atoms with van der Waals surface area (Å²) >= 11 is 1.01. The van der Waals surface area contributed by atoms with E-state index in [2.05, 4.69) is 0 Å². The van der Waals surface area contributed by atoms with Crippen LogP contribution in [0.5, 0.6) is 0 Å². The fourth-order valence-electron chi connectivity index (χ4n) is 2.22. The molecule has 1 aromatic heterocycles. The van der Waals surface area contributed by atoms with Crippen LogP contribution in [-0.4, -0.2) is 44.9 Å². The average Bonchev–Trinajstić information content (AvgIpc) is 2.96. The summed E-state index contributed by atoms with van der Waals surface area (Å²) < 4.78 is 31.8. The standard InChI is InChI=1S/C13H20N2O4S2/c1-15(6-5-11-4-2-3-7-19-11)21(17,18)12-8-10(9-20-12)13(14)16/h8-9,11H,2-7H2,1H3,(H2,14,16). The van der Waals surface area contributed by atoms with Crippen molar-refractivity contribution in [3.63, 3.8) is 0 Å². The number of ether oxygens (including phenoxy) is 1. The predicted octanol–water partition coefficient (Wildman–Crippen LogP) is 1.43. The summed E-state index contributed by atoms with van der Waals surface area (Å²) in [5, 5.41) is 1.47. The largest absolute Gasteiger partial charge is 0.378 e. The average molecular weight is 332 g/mol. The van der Waals surface area contributed by atoms with E-state index in [9.17, 15) is 13.2 Å². The molecule has 1 aliphatic rings. The summed E-state index contributed by atoms with van der Waals surface area (Å²) in [4.78, 5) is 11.0. The Morgan fingerprint density at radius 2 is 2.29 bits per heavy atom. The Bertz CT molecular complexity index is 591. The highest BCUT2D eigenvalue weighted by atomic mass is 32.2. The summed E-state index contributed by atoms with van der Waals surface area (Å²) in [5.41, 5.74) is 5.37. The van der Waals surface area contributed by atoms with Gasteiger partial charge in [0.25, 0.3) is 10.0 Å². The van der Waals surface area contributed by atoms with Crippen molar-refractivity contribution in [1.29, 1.82) is 0 Å². The third-order valence-corrected chi connectivity index (χ3v) is 6.84. The second kappa shape index (κ2) is 6.87. The molecular formula is C13H20N2O4S2. The minimum Gasteiger partial charge on any atom is -0.378 e. The van der Waals surface area contributed by atoms with Crippen molar-refractivity contribution < 1.29 is 17.9 Å². The maximum absolute atomic E-state index is 12.4. The van der Waals surface area contributed by atoms with Crippen molar-refractivity contribution in [3.05, 3.63) is 17.0 Å². The van der Waals surface area contributed by atoms with Crippen molar-refractivity contribution in [3.8, 4) is 0 Å². The molecule has 1 fully saturated rings. The second-order valence-electron chi connectivity index (χ2n) is 5.12. The summed E-state index contributed by atoms with van der Waals surface area (Å²) in [7, 11) is -2.02. The number of nitrogens with two attached hydrogens (primary N) is 1. The minimum atomic E-state index is -3.56. The molecule has 8 heteroatoms. The molecule has 0 spiro atoms. The molecule has 1 aliphatic heterocycles. The zero-order chi connectivity index (χ0) is 15.5. The topological polar surface area (TPSA) is 89.7 Å². The third kappa shape index (κ3) is 4.03. The number of hydrogen-bond acceptors (Lipinski definition) is 5. The van der Waals surface area contributed by atoms with Gasteiger partial charge in [-0.1, -0.05) is 0 Å². The summed E-state index contributed by atoms with van der Waals surface area (Å²) in [6, 6.07) is 1.33. The van der Waals surface area contributed by atoms with Crippen LogP contribution >= 0.6 is 11.3 Å². The number of carbonyl (C=O) groups excluding carboxylic acids is 1. The second-order valence-corrected chi connectivity index (χ2v) is 8.31. The fourth-order valence-corrected chi connectivity index (χ4v) is 4.78. The molecule has 2 heterocycles. The monoisotopic (exact) mass is 332 g/mol. The molecule has 118 valence electrons. The van der Waals surface area contributed by atoms with E-state index in [0.29, 0.717) is 13.0 Å². The molecule has 1 saturated heterocycles. The van der Waals surface area contributed by atoms with Crippen LogP contribution in [0.15, 0.2) is 15.7 Å². The smallest absolute Gasteiger partial charge is 0.252 e.